The van der Waals surface area contributed by atoms with Crippen molar-refractivity contribution in [3.05, 3.63) is 65.7 Å². The fourth-order valence-corrected chi connectivity index (χ4v) is 2.92. The maximum atomic E-state index is 5.47. The third-order valence-corrected chi connectivity index (χ3v) is 4.25. The first-order chi connectivity index (χ1) is 12.2. The first-order valence-electron chi connectivity index (χ1n) is 8.22. The van der Waals surface area contributed by atoms with Crippen molar-refractivity contribution in [2.75, 3.05) is 21.3 Å². The summed E-state index contributed by atoms with van der Waals surface area (Å²) in [6, 6.07) is 18.7. The average Bonchev–Trinajstić information content (AvgIpc) is 2.67. The molecule has 0 aromatic heterocycles. The smallest absolute Gasteiger partial charge is 0.164 e. The number of rotatable bonds is 7. The topological polar surface area (TPSA) is 39.7 Å². The van der Waals surface area contributed by atoms with Crippen LogP contribution in [0, 0.1) is 0 Å². The summed E-state index contributed by atoms with van der Waals surface area (Å²) in [4.78, 5) is 0. The highest BCUT2D eigenvalue weighted by atomic mass is 16.5. The number of fused-ring (bicyclic) bond motifs is 1. The second-order valence-corrected chi connectivity index (χ2v) is 5.80. The third kappa shape index (κ3) is 3.86. The highest BCUT2D eigenvalue weighted by Crippen LogP contribution is 2.34. The van der Waals surface area contributed by atoms with Crippen LogP contribution in [0.3, 0.4) is 0 Å². The number of methoxy groups -OCH3 is 3. The normalized spacial score (nSPS) is 10.7. The lowest BCUT2D eigenvalue weighted by atomic mass is 10.1. The number of hydrogen-bond donors (Lipinski definition) is 1. The fourth-order valence-electron chi connectivity index (χ4n) is 2.92. The summed E-state index contributed by atoms with van der Waals surface area (Å²) in [5, 5.41) is 5.98. The lowest BCUT2D eigenvalue weighted by Crippen LogP contribution is -2.13. The maximum absolute atomic E-state index is 5.47. The molecule has 0 bridgehead atoms. The van der Waals surface area contributed by atoms with Gasteiger partial charge in [-0.15, -0.1) is 0 Å². The van der Waals surface area contributed by atoms with Gasteiger partial charge < -0.3 is 19.5 Å². The van der Waals surface area contributed by atoms with Crippen LogP contribution in [0.1, 0.15) is 11.1 Å². The van der Waals surface area contributed by atoms with E-state index in [2.05, 4.69) is 47.8 Å². The molecular weight excluding hydrogens is 314 g/mol. The van der Waals surface area contributed by atoms with Gasteiger partial charge in [0.25, 0.3) is 0 Å². The van der Waals surface area contributed by atoms with E-state index >= 15 is 0 Å². The molecule has 0 saturated carbocycles. The van der Waals surface area contributed by atoms with Crippen LogP contribution in [-0.4, -0.2) is 21.3 Å². The second kappa shape index (κ2) is 7.90. The Hall–Kier alpha value is -2.72. The predicted molar refractivity (Wildman–Crippen MR) is 101 cm³/mol. The summed E-state index contributed by atoms with van der Waals surface area (Å²) in [6.45, 7) is 1.46. The molecule has 3 rings (SSSR count). The maximum Gasteiger partial charge on any atom is 0.164 e. The van der Waals surface area contributed by atoms with Gasteiger partial charge in [0.15, 0.2) is 11.5 Å². The quantitative estimate of drug-likeness (QED) is 0.703. The van der Waals surface area contributed by atoms with Crippen molar-refractivity contribution in [1.82, 2.24) is 5.32 Å². The van der Waals surface area contributed by atoms with E-state index in [1.807, 2.05) is 12.1 Å². The van der Waals surface area contributed by atoms with Crippen molar-refractivity contribution >= 4 is 10.8 Å². The molecule has 0 saturated heterocycles. The van der Waals surface area contributed by atoms with Crippen LogP contribution in [0.2, 0.25) is 0 Å². The molecule has 0 atom stereocenters. The summed E-state index contributed by atoms with van der Waals surface area (Å²) in [5.74, 6) is 2.15. The summed E-state index contributed by atoms with van der Waals surface area (Å²) in [5.41, 5.74) is 2.28. The molecule has 1 N–H and O–H groups in total. The van der Waals surface area contributed by atoms with Gasteiger partial charge in [-0.2, -0.15) is 0 Å². The lowest BCUT2D eigenvalue weighted by Gasteiger charge is -2.14. The van der Waals surface area contributed by atoms with Crippen LogP contribution in [0.15, 0.2) is 54.6 Å². The van der Waals surface area contributed by atoms with Crippen molar-refractivity contribution in [1.29, 1.82) is 0 Å². The summed E-state index contributed by atoms with van der Waals surface area (Å²) < 4.78 is 16.2. The molecule has 3 aromatic carbocycles. The van der Waals surface area contributed by atoms with Crippen molar-refractivity contribution in [3.63, 3.8) is 0 Å². The molecule has 0 fully saturated rings. The van der Waals surface area contributed by atoms with Gasteiger partial charge in [0.05, 0.1) is 21.3 Å². The first kappa shape index (κ1) is 17.1. The Morgan fingerprint density at radius 3 is 2.08 bits per heavy atom. The van der Waals surface area contributed by atoms with E-state index in [9.17, 15) is 0 Å². The molecule has 0 radical (unpaired) electrons. The van der Waals surface area contributed by atoms with E-state index in [0.717, 1.165) is 17.9 Å². The summed E-state index contributed by atoms with van der Waals surface area (Å²) in [7, 11) is 4.92. The van der Waals surface area contributed by atoms with E-state index < -0.39 is 0 Å². The van der Waals surface area contributed by atoms with Crippen molar-refractivity contribution < 1.29 is 14.2 Å². The molecule has 4 heteroatoms. The Morgan fingerprint density at radius 2 is 1.36 bits per heavy atom. The van der Waals surface area contributed by atoms with E-state index in [1.54, 1.807) is 21.3 Å². The largest absolute Gasteiger partial charge is 0.496 e. The van der Waals surface area contributed by atoms with E-state index in [0.29, 0.717) is 18.0 Å². The van der Waals surface area contributed by atoms with Gasteiger partial charge in [0.2, 0.25) is 0 Å². The molecular formula is C21H23NO3. The molecule has 0 spiro atoms. The lowest BCUT2D eigenvalue weighted by molar-refractivity contribution is 0.347. The van der Waals surface area contributed by atoms with Gasteiger partial charge in [0.1, 0.15) is 5.75 Å². The van der Waals surface area contributed by atoms with Gasteiger partial charge >= 0.3 is 0 Å². The van der Waals surface area contributed by atoms with Gasteiger partial charge in [-0.05, 0) is 28.5 Å². The van der Waals surface area contributed by atoms with Crippen molar-refractivity contribution in [2.45, 2.75) is 13.1 Å². The fraction of sp³-hybridized carbons (Fsp3) is 0.238. The summed E-state index contributed by atoms with van der Waals surface area (Å²) >= 11 is 0. The monoisotopic (exact) mass is 337 g/mol. The highest BCUT2D eigenvalue weighted by molar-refractivity contribution is 5.82. The predicted octanol–water partition coefficient (Wildman–Crippen LogP) is 4.16. The van der Waals surface area contributed by atoms with Gasteiger partial charge in [-0.25, -0.2) is 0 Å². The van der Waals surface area contributed by atoms with Crippen molar-refractivity contribution in [2.24, 2.45) is 0 Å². The minimum absolute atomic E-state index is 0.664. The molecule has 0 unspecified atom stereocenters. The van der Waals surface area contributed by atoms with Gasteiger partial charge in [-0.3, -0.25) is 0 Å². The van der Waals surface area contributed by atoms with E-state index in [-0.39, 0.29) is 0 Å². The first-order valence-corrected chi connectivity index (χ1v) is 8.22. The molecule has 0 aliphatic heterocycles. The number of hydrogen-bond acceptors (Lipinski definition) is 4. The highest BCUT2D eigenvalue weighted by Gasteiger charge is 2.11. The molecule has 130 valence electrons. The molecule has 4 nitrogen and oxygen atoms in total. The number of nitrogens with one attached hydrogen (secondary N) is 1. The molecule has 0 amide bonds. The summed E-state index contributed by atoms with van der Waals surface area (Å²) in [6.07, 6.45) is 0. The average molecular weight is 337 g/mol. The Balaban J connectivity index is 1.72. The van der Waals surface area contributed by atoms with E-state index in [4.69, 9.17) is 14.2 Å². The Bertz CT molecular complexity index is 861. The van der Waals surface area contributed by atoms with Crippen LogP contribution in [0.25, 0.3) is 10.8 Å². The van der Waals surface area contributed by atoms with Crippen LogP contribution < -0.4 is 19.5 Å². The Labute approximate surface area is 148 Å². The van der Waals surface area contributed by atoms with Crippen LogP contribution >= 0.6 is 0 Å². The molecule has 3 aromatic rings. The molecule has 0 heterocycles. The Morgan fingerprint density at radius 1 is 0.680 bits per heavy atom. The van der Waals surface area contributed by atoms with Gasteiger partial charge in [0, 0.05) is 24.7 Å². The standard InChI is InChI=1S/C21H23NO3/c1-23-19-12-21(25-3)20(24-2)11-18(19)14-22-13-15-8-9-16-6-4-5-7-17(16)10-15/h4-12,22H,13-14H2,1-3H3. The van der Waals surface area contributed by atoms with Crippen molar-refractivity contribution in [3.8, 4) is 17.2 Å². The van der Waals surface area contributed by atoms with E-state index in [1.165, 1.54) is 16.3 Å². The van der Waals surface area contributed by atoms with Gasteiger partial charge in [-0.1, -0.05) is 36.4 Å². The third-order valence-electron chi connectivity index (χ3n) is 4.25. The minimum Gasteiger partial charge on any atom is -0.496 e. The minimum atomic E-state index is 0.664. The molecule has 0 aliphatic carbocycles. The van der Waals surface area contributed by atoms with Crippen LogP contribution in [0.5, 0.6) is 17.2 Å². The van der Waals surface area contributed by atoms with Crippen LogP contribution in [0.4, 0.5) is 0 Å². The molecule has 0 aliphatic rings. The molecule has 25 heavy (non-hydrogen) atoms. The van der Waals surface area contributed by atoms with Crippen LogP contribution in [-0.2, 0) is 13.1 Å². The zero-order valence-electron chi connectivity index (χ0n) is 14.8. The zero-order valence-corrected chi connectivity index (χ0v) is 14.8. The number of ether oxygens (including phenoxy) is 3. The number of benzene rings is 3. The second-order valence-electron chi connectivity index (χ2n) is 5.80. The SMILES string of the molecule is COc1cc(OC)c(OC)cc1CNCc1ccc2ccccc2c1. The Kier molecular flexibility index (Phi) is 5.41. The zero-order chi connectivity index (χ0) is 17.6.